The van der Waals surface area contributed by atoms with Gasteiger partial charge in [0.05, 0.1) is 7.11 Å². The van der Waals surface area contributed by atoms with Crippen molar-refractivity contribution in [3.05, 3.63) is 46.5 Å². The first-order valence-corrected chi connectivity index (χ1v) is 6.89. The summed E-state index contributed by atoms with van der Waals surface area (Å²) in [4.78, 5) is 16.4. The Morgan fingerprint density at radius 3 is 2.68 bits per heavy atom. The number of hydrogen-bond donors (Lipinski definition) is 2. The van der Waals surface area contributed by atoms with E-state index in [4.69, 9.17) is 4.84 Å². The number of benzene rings is 2. The number of phenolic OH excluding ortho intramolecular Hbond substituents is 1. The Kier molecular flexibility index (Phi) is 3.55. The van der Waals surface area contributed by atoms with E-state index in [0.717, 1.165) is 16.4 Å². The van der Waals surface area contributed by atoms with Crippen LogP contribution in [0.3, 0.4) is 0 Å². The normalized spacial score (nSPS) is 12.4. The molecule has 0 aromatic heterocycles. The molecule has 0 saturated heterocycles. The highest BCUT2D eigenvalue weighted by Gasteiger charge is 2.24. The lowest BCUT2D eigenvalue weighted by molar-refractivity contribution is -0.107. The van der Waals surface area contributed by atoms with Crippen LogP contribution in [0.5, 0.6) is 5.75 Å². The Labute approximate surface area is 126 Å². The third-order valence-corrected chi connectivity index (χ3v) is 3.64. The molecule has 1 heterocycles. The monoisotopic (exact) mass is 297 g/mol. The molecule has 0 saturated carbocycles. The third kappa shape index (κ3) is 2.02. The maximum atomic E-state index is 11.4. The number of phenols is 1. The number of nitrogens with zero attached hydrogens (tertiary/aromatic N) is 2. The van der Waals surface area contributed by atoms with E-state index in [2.05, 4.69) is 10.5 Å². The van der Waals surface area contributed by atoms with Gasteiger partial charge in [0.2, 0.25) is 0 Å². The van der Waals surface area contributed by atoms with E-state index < -0.39 is 0 Å². The third-order valence-electron chi connectivity index (χ3n) is 3.64. The summed E-state index contributed by atoms with van der Waals surface area (Å²) in [6.07, 6.45) is 0.568. The maximum Gasteiger partial charge on any atom is 0.161 e. The van der Waals surface area contributed by atoms with Crippen molar-refractivity contribution in [3.8, 4) is 16.9 Å². The number of aromatic hydroxyl groups is 1. The van der Waals surface area contributed by atoms with Gasteiger partial charge in [-0.3, -0.25) is 5.43 Å². The average molecular weight is 297 g/mol. The lowest BCUT2D eigenvalue weighted by Gasteiger charge is -2.12. The van der Waals surface area contributed by atoms with E-state index >= 15 is 0 Å². The predicted molar refractivity (Wildman–Crippen MR) is 81.0 cm³/mol. The fraction of sp³-hybridized carbons (Fsp3) is 0.188. The number of rotatable bonds is 3. The van der Waals surface area contributed by atoms with Crippen molar-refractivity contribution in [1.29, 1.82) is 0 Å². The minimum atomic E-state index is -0.162. The predicted octanol–water partition coefficient (Wildman–Crippen LogP) is 0.863. The standard InChI is InChI=1S/C16H15N3O3/c1-3-11-12(9-20)16(21)15-14(17-19(18-15)22-2)13(11)10-7-5-4-6-8-10/h4-8,18,21H,3H2,1-2H3. The molecule has 0 bridgehead atoms. The molecule has 2 aromatic rings. The first kappa shape index (κ1) is 14.1. The second-order valence-corrected chi connectivity index (χ2v) is 4.79. The first-order chi connectivity index (χ1) is 10.7. The molecule has 2 N–H and O–H groups in total. The Bertz CT molecular complexity index is 859. The summed E-state index contributed by atoms with van der Waals surface area (Å²) in [5.74, 6) is 1.68. The number of hydrazine groups is 1. The largest absolute Gasteiger partial charge is 0.504 e. The number of hydrogen-bond acceptors (Lipinski definition) is 6. The highest BCUT2D eigenvalue weighted by atomic mass is 16.7. The summed E-state index contributed by atoms with van der Waals surface area (Å²) in [7, 11) is 1.45. The van der Waals surface area contributed by atoms with Crippen molar-refractivity contribution in [3.63, 3.8) is 0 Å². The summed E-state index contributed by atoms with van der Waals surface area (Å²) in [5.41, 5.74) is 5.56. The molecule has 0 fully saturated rings. The van der Waals surface area contributed by atoms with E-state index in [9.17, 15) is 9.90 Å². The van der Waals surface area contributed by atoms with Crippen LogP contribution in [0, 0.1) is 0 Å². The molecule has 0 aliphatic carbocycles. The Balaban J connectivity index is 2.47. The highest BCUT2D eigenvalue weighted by Crippen LogP contribution is 2.27. The van der Waals surface area contributed by atoms with Crippen molar-refractivity contribution < 1.29 is 14.7 Å². The van der Waals surface area contributed by atoms with Crippen LogP contribution in [0.4, 0.5) is 5.69 Å². The van der Waals surface area contributed by atoms with Gasteiger partial charge in [0.25, 0.3) is 0 Å². The lowest BCUT2D eigenvalue weighted by Crippen LogP contribution is -2.22. The second kappa shape index (κ2) is 5.52. The molecule has 3 rings (SSSR count). The highest BCUT2D eigenvalue weighted by molar-refractivity contribution is 5.78. The summed E-state index contributed by atoms with van der Waals surface area (Å²) in [6.45, 7) is 1.92. The second-order valence-electron chi connectivity index (χ2n) is 4.79. The van der Waals surface area contributed by atoms with E-state index in [-0.39, 0.29) is 11.0 Å². The quantitative estimate of drug-likeness (QED) is 0.822. The van der Waals surface area contributed by atoms with Gasteiger partial charge in [0, 0.05) is 5.56 Å². The number of nitrogens with one attached hydrogen (secondary N) is 1. The van der Waals surface area contributed by atoms with Crippen LogP contribution in [0.25, 0.3) is 11.1 Å². The van der Waals surface area contributed by atoms with Crippen molar-refractivity contribution >= 4 is 11.6 Å². The molecule has 0 radical (unpaired) electrons. The fourth-order valence-electron chi connectivity index (χ4n) is 2.66. The van der Waals surface area contributed by atoms with Crippen LogP contribution in [0.1, 0.15) is 12.5 Å². The fourth-order valence-corrected chi connectivity index (χ4v) is 2.66. The van der Waals surface area contributed by atoms with Crippen LogP contribution >= 0.6 is 0 Å². The molecule has 2 aromatic carbocycles. The van der Waals surface area contributed by atoms with Gasteiger partial charge in [-0.05, 0) is 17.5 Å². The summed E-state index contributed by atoms with van der Waals surface area (Å²) < 4.78 is 0. The molecule has 112 valence electrons. The van der Waals surface area contributed by atoms with E-state index in [0.29, 0.717) is 23.0 Å². The molecule has 6 heteroatoms. The van der Waals surface area contributed by atoms with Gasteiger partial charge in [-0.1, -0.05) is 42.5 Å². The zero-order valence-corrected chi connectivity index (χ0v) is 12.3. The van der Waals surface area contributed by atoms with Gasteiger partial charge in [0.15, 0.2) is 5.75 Å². The lowest BCUT2D eigenvalue weighted by atomic mass is 9.94. The summed E-state index contributed by atoms with van der Waals surface area (Å²) in [5, 5.41) is 16.5. The minimum Gasteiger partial charge on any atom is -0.504 e. The Morgan fingerprint density at radius 2 is 2.09 bits per heavy atom. The number of fused-ring (bicyclic) bond motifs is 1. The SMILES string of the molecule is CCc1c(-c2ccccc2)c2c(c(O)c1=C=O)NN(OC)N=2. The zero-order valence-electron chi connectivity index (χ0n) is 12.3. The van der Waals surface area contributed by atoms with E-state index in [1.165, 1.54) is 7.11 Å². The zero-order chi connectivity index (χ0) is 15.7. The molecule has 0 amide bonds. The van der Waals surface area contributed by atoms with Crippen molar-refractivity contribution in [2.24, 2.45) is 5.10 Å². The van der Waals surface area contributed by atoms with Crippen LogP contribution in [0.2, 0.25) is 0 Å². The summed E-state index contributed by atoms with van der Waals surface area (Å²) >= 11 is 0. The van der Waals surface area contributed by atoms with Crippen LogP contribution in [0.15, 0.2) is 35.4 Å². The van der Waals surface area contributed by atoms with E-state index in [1.54, 1.807) is 0 Å². The van der Waals surface area contributed by atoms with Crippen molar-refractivity contribution in [1.82, 2.24) is 5.28 Å². The topological polar surface area (TPSA) is 74.2 Å². The summed E-state index contributed by atoms with van der Waals surface area (Å²) in [6, 6.07) is 9.61. The molecule has 1 aliphatic rings. The van der Waals surface area contributed by atoms with Gasteiger partial charge in [-0.2, -0.15) is 0 Å². The Hall–Kier alpha value is -2.82. The van der Waals surface area contributed by atoms with Gasteiger partial charge >= 0.3 is 0 Å². The molecule has 0 atom stereocenters. The van der Waals surface area contributed by atoms with Crippen LogP contribution in [-0.4, -0.2) is 23.4 Å². The van der Waals surface area contributed by atoms with Gasteiger partial charge < -0.3 is 5.11 Å². The molecule has 22 heavy (non-hydrogen) atoms. The van der Waals surface area contributed by atoms with Gasteiger partial charge in [-0.25, -0.2) is 9.63 Å². The van der Waals surface area contributed by atoms with E-state index in [1.807, 2.05) is 43.2 Å². The minimum absolute atomic E-state index is 0.153. The number of carbonyl (C=O) groups excluding carboxylic acids is 1. The van der Waals surface area contributed by atoms with Gasteiger partial charge in [0.1, 0.15) is 22.2 Å². The van der Waals surface area contributed by atoms with Crippen molar-refractivity contribution in [2.75, 3.05) is 12.5 Å². The first-order valence-electron chi connectivity index (χ1n) is 6.89. The number of anilines is 1. The van der Waals surface area contributed by atoms with Crippen molar-refractivity contribution in [2.45, 2.75) is 13.3 Å². The Morgan fingerprint density at radius 1 is 1.36 bits per heavy atom. The smallest absolute Gasteiger partial charge is 0.161 e. The average Bonchev–Trinajstić information content (AvgIpc) is 2.99. The molecular weight excluding hydrogens is 282 g/mol. The molecular formula is C16H15N3O3. The molecule has 1 aliphatic heterocycles. The van der Waals surface area contributed by atoms with Crippen LogP contribution in [-0.2, 0) is 16.1 Å². The molecule has 6 nitrogen and oxygen atoms in total. The molecule has 0 spiro atoms. The van der Waals surface area contributed by atoms with Gasteiger partial charge in [-0.15, -0.1) is 5.10 Å². The maximum absolute atomic E-state index is 11.4. The van der Waals surface area contributed by atoms with Crippen LogP contribution < -0.4 is 16.0 Å². The molecule has 0 unspecified atom stereocenters.